The lowest BCUT2D eigenvalue weighted by Gasteiger charge is -2.16. The third-order valence-electron chi connectivity index (χ3n) is 2.70. The highest BCUT2D eigenvalue weighted by molar-refractivity contribution is 9.08. The zero-order valence-electron chi connectivity index (χ0n) is 11.5. The summed E-state index contributed by atoms with van der Waals surface area (Å²) in [6, 6.07) is 14.8. The van der Waals surface area contributed by atoms with Crippen molar-refractivity contribution in [3.63, 3.8) is 0 Å². The Morgan fingerprint density at radius 2 is 1.14 bits per heavy atom. The first kappa shape index (κ1) is 16.6. The van der Waals surface area contributed by atoms with Crippen LogP contribution in [-0.4, -0.2) is 6.66 Å². The molecule has 0 radical (unpaired) electrons. The summed E-state index contributed by atoms with van der Waals surface area (Å²) in [4.78, 5) is 0. The quantitative estimate of drug-likeness (QED) is 0.429. The normalized spacial score (nSPS) is 11.2. The fourth-order valence-corrected chi connectivity index (χ4v) is 3.47. The van der Waals surface area contributed by atoms with E-state index in [-0.39, 0.29) is 0 Å². The largest absolute Gasteiger partial charge is 0.427 e. The van der Waals surface area contributed by atoms with Gasteiger partial charge in [-0.05, 0) is 35.4 Å². The van der Waals surface area contributed by atoms with Crippen molar-refractivity contribution in [1.82, 2.24) is 0 Å². The Kier molecular flexibility index (Phi) is 5.91. The van der Waals surface area contributed by atoms with Crippen molar-refractivity contribution >= 4 is 39.5 Å². The first-order valence-electron chi connectivity index (χ1n) is 6.29. The van der Waals surface area contributed by atoms with E-state index < -0.39 is 7.60 Å². The zero-order valence-corrected chi connectivity index (χ0v) is 15.5. The van der Waals surface area contributed by atoms with Gasteiger partial charge >= 0.3 is 7.60 Å². The Bertz CT molecular complexity index is 573. The van der Waals surface area contributed by atoms with Crippen LogP contribution < -0.4 is 9.05 Å². The van der Waals surface area contributed by atoms with E-state index in [2.05, 4.69) is 31.9 Å². The number of hydrogen-bond donors (Lipinski definition) is 0. The van der Waals surface area contributed by atoms with Crippen molar-refractivity contribution in [2.45, 2.75) is 10.7 Å². The van der Waals surface area contributed by atoms with Crippen molar-refractivity contribution in [2.75, 3.05) is 6.66 Å². The van der Waals surface area contributed by atoms with Gasteiger partial charge in [0.15, 0.2) is 0 Å². The van der Waals surface area contributed by atoms with E-state index in [1.54, 1.807) is 24.3 Å². The summed E-state index contributed by atoms with van der Waals surface area (Å²) in [6.45, 7) is 1.46. The lowest BCUT2D eigenvalue weighted by molar-refractivity contribution is 0.393. The number of hydrogen-bond acceptors (Lipinski definition) is 3. The summed E-state index contributed by atoms with van der Waals surface area (Å²) < 4.78 is 23.3. The predicted molar refractivity (Wildman–Crippen MR) is 92.9 cm³/mol. The molecule has 3 nitrogen and oxygen atoms in total. The van der Waals surface area contributed by atoms with Crippen LogP contribution in [0.3, 0.4) is 0 Å². The van der Waals surface area contributed by atoms with Gasteiger partial charge in [-0.1, -0.05) is 56.1 Å². The molecule has 2 aromatic rings. The highest BCUT2D eigenvalue weighted by atomic mass is 79.9. The average Bonchev–Trinajstić information content (AvgIpc) is 2.48. The molecule has 0 atom stereocenters. The van der Waals surface area contributed by atoms with Crippen molar-refractivity contribution in [3.05, 3.63) is 59.7 Å². The maximum Gasteiger partial charge on any atom is 0.427 e. The molecule has 0 aromatic heterocycles. The zero-order chi connectivity index (χ0) is 15.3. The Morgan fingerprint density at radius 3 is 1.43 bits per heavy atom. The summed E-state index contributed by atoms with van der Waals surface area (Å²) in [5.74, 6) is 1.06. The van der Waals surface area contributed by atoms with Crippen LogP contribution in [0.2, 0.25) is 0 Å². The summed E-state index contributed by atoms with van der Waals surface area (Å²) in [5, 5.41) is 1.54. The van der Waals surface area contributed by atoms with Crippen LogP contribution in [0, 0.1) is 0 Å². The minimum absolute atomic E-state index is 0.530. The molecule has 2 aromatic carbocycles. The van der Waals surface area contributed by atoms with Gasteiger partial charge in [0, 0.05) is 10.7 Å². The highest BCUT2D eigenvalue weighted by Crippen LogP contribution is 2.44. The van der Waals surface area contributed by atoms with Crippen LogP contribution in [0.25, 0.3) is 0 Å². The minimum Gasteiger partial charge on any atom is -0.416 e. The molecule has 0 N–H and O–H groups in total. The molecule has 0 spiro atoms. The smallest absolute Gasteiger partial charge is 0.416 e. The molecular formula is C15H15Br2O3P. The van der Waals surface area contributed by atoms with Gasteiger partial charge in [-0.2, -0.15) is 0 Å². The van der Waals surface area contributed by atoms with Crippen LogP contribution in [0.15, 0.2) is 48.5 Å². The Morgan fingerprint density at radius 1 is 0.810 bits per heavy atom. The molecule has 21 heavy (non-hydrogen) atoms. The number of rotatable bonds is 6. The third kappa shape index (κ3) is 5.17. The molecule has 0 saturated heterocycles. The Hall–Kier alpha value is -0.770. The molecular weight excluding hydrogens is 419 g/mol. The monoisotopic (exact) mass is 432 g/mol. The molecule has 0 unspecified atom stereocenters. The molecule has 112 valence electrons. The summed E-state index contributed by atoms with van der Waals surface area (Å²) in [6.07, 6.45) is 0. The average molecular weight is 434 g/mol. The van der Waals surface area contributed by atoms with E-state index >= 15 is 0 Å². The lowest BCUT2D eigenvalue weighted by Crippen LogP contribution is -1.99. The molecule has 2 rings (SSSR count). The van der Waals surface area contributed by atoms with Gasteiger partial charge in [-0.15, -0.1) is 0 Å². The third-order valence-corrected chi connectivity index (χ3v) is 5.08. The number of halogens is 2. The first-order chi connectivity index (χ1) is 10.0. The second-order valence-corrected chi connectivity index (χ2v) is 7.54. The van der Waals surface area contributed by atoms with E-state index in [1.807, 2.05) is 24.3 Å². The van der Waals surface area contributed by atoms with Gasteiger partial charge in [-0.3, -0.25) is 0 Å². The van der Waals surface area contributed by atoms with E-state index in [0.29, 0.717) is 11.5 Å². The maximum absolute atomic E-state index is 12.4. The molecule has 0 fully saturated rings. The Balaban J connectivity index is 2.04. The highest BCUT2D eigenvalue weighted by Gasteiger charge is 2.20. The summed E-state index contributed by atoms with van der Waals surface area (Å²) in [7, 11) is -3.21. The van der Waals surface area contributed by atoms with E-state index in [9.17, 15) is 4.57 Å². The fraction of sp³-hybridized carbons (Fsp3) is 0.200. The number of benzene rings is 2. The van der Waals surface area contributed by atoms with E-state index in [1.165, 1.54) is 6.66 Å². The Labute approximate surface area is 141 Å². The summed E-state index contributed by atoms with van der Waals surface area (Å²) >= 11 is 6.75. The van der Waals surface area contributed by atoms with Crippen molar-refractivity contribution < 1.29 is 13.6 Å². The van der Waals surface area contributed by atoms with Crippen LogP contribution in [0.4, 0.5) is 0 Å². The fourth-order valence-electron chi connectivity index (χ4n) is 1.68. The molecule has 0 aliphatic rings. The van der Waals surface area contributed by atoms with E-state index in [0.717, 1.165) is 21.8 Å². The van der Waals surface area contributed by atoms with Crippen molar-refractivity contribution in [3.8, 4) is 11.5 Å². The minimum atomic E-state index is -3.21. The van der Waals surface area contributed by atoms with E-state index in [4.69, 9.17) is 9.05 Å². The topological polar surface area (TPSA) is 35.5 Å². The SMILES string of the molecule is CP(=O)(Oc1ccc(CBr)cc1)Oc1ccc(CBr)cc1. The predicted octanol–water partition coefficient (Wildman–Crippen LogP) is 5.76. The van der Waals surface area contributed by atoms with Crippen molar-refractivity contribution in [1.29, 1.82) is 0 Å². The van der Waals surface area contributed by atoms with Crippen LogP contribution in [0.1, 0.15) is 11.1 Å². The van der Waals surface area contributed by atoms with Gasteiger partial charge in [0.2, 0.25) is 0 Å². The lowest BCUT2D eigenvalue weighted by atomic mass is 10.2. The van der Waals surface area contributed by atoms with Gasteiger partial charge in [0.1, 0.15) is 11.5 Å². The molecule has 0 aliphatic heterocycles. The first-order valence-corrected chi connectivity index (χ1v) is 10.5. The molecule has 6 heteroatoms. The van der Waals surface area contributed by atoms with Gasteiger partial charge in [0.25, 0.3) is 0 Å². The number of alkyl halides is 2. The van der Waals surface area contributed by atoms with Crippen LogP contribution in [-0.2, 0) is 15.2 Å². The van der Waals surface area contributed by atoms with Gasteiger partial charge in [0.05, 0.1) is 6.66 Å². The van der Waals surface area contributed by atoms with Gasteiger partial charge in [-0.25, -0.2) is 4.57 Å². The standard InChI is InChI=1S/C15H15Br2O3P/c1-21(18,19-14-6-2-12(10-16)3-7-14)20-15-8-4-13(11-17)5-9-15/h2-9H,10-11H2,1H3. The molecule has 0 amide bonds. The summed E-state index contributed by atoms with van der Waals surface area (Å²) in [5.41, 5.74) is 2.25. The second kappa shape index (κ2) is 7.48. The molecule has 0 aliphatic carbocycles. The van der Waals surface area contributed by atoms with Crippen molar-refractivity contribution in [2.24, 2.45) is 0 Å². The maximum atomic E-state index is 12.4. The molecule has 0 saturated carbocycles. The molecule has 0 heterocycles. The van der Waals surface area contributed by atoms with Crippen LogP contribution >= 0.6 is 39.5 Å². The van der Waals surface area contributed by atoms with Crippen LogP contribution in [0.5, 0.6) is 11.5 Å². The van der Waals surface area contributed by atoms with Gasteiger partial charge < -0.3 is 9.05 Å². The molecule has 0 bridgehead atoms. The second-order valence-electron chi connectivity index (χ2n) is 4.51.